The van der Waals surface area contributed by atoms with Crippen LogP contribution >= 0.6 is 11.3 Å². The van der Waals surface area contributed by atoms with Gasteiger partial charge in [0.25, 0.3) is 5.91 Å². The van der Waals surface area contributed by atoms with Crippen LogP contribution in [-0.2, 0) is 4.79 Å². The molecule has 3 rings (SSSR count). The quantitative estimate of drug-likeness (QED) is 0.490. The van der Waals surface area contributed by atoms with Crippen molar-refractivity contribution < 1.29 is 19.0 Å². The van der Waals surface area contributed by atoms with Crippen LogP contribution in [0.2, 0.25) is 0 Å². The van der Waals surface area contributed by atoms with E-state index in [1.54, 1.807) is 36.3 Å². The number of methoxy groups -OCH3 is 1. The molecule has 160 valence electrons. The zero-order valence-corrected chi connectivity index (χ0v) is 18.6. The molecule has 2 aromatic carbocycles. The average Bonchev–Trinajstić information content (AvgIpc) is 3.15. The number of likely N-dealkylation sites (N-methyl/N-ethyl adjacent to an activating group) is 1. The first-order valence-corrected chi connectivity index (χ1v) is 10.6. The molecule has 0 saturated carbocycles. The topological polar surface area (TPSA) is 64.1 Å². The van der Waals surface area contributed by atoms with E-state index < -0.39 is 0 Å². The second-order valence-corrected chi connectivity index (χ2v) is 7.88. The third-order valence-corrected chi connectivity index (χ3v) is 5.43. The molecule has 30 heavy (non-hydrogen) atoms. The van der Waals surface area contributed by atoms with E-state index >= 15 is 0 Å². The lowest BCUT2D eigenvalue weighted by atomic mass is 10.3. The zero-order chi connectivity index (χ0) is 21.5. The highest BCUT2D eigenvalue weighted by Crippen LogP contribution is 2.31. The number of benzene rings is 2. The summed E-state index contributed by atoms with van der Waals surface area (Å²) in [6, 6.07) is 12.9. The monoisotopic (exact) mass is 429 g/mol. The van der Waals surface area contributed by atoms with Gasteiger partial charge in [-0.2, -0.15) is 0 Å². The van der Waals surface area contributed by atoms with Gasteiger partial charge in [0.1, 0.15) is 17.2 Å². The van der Waals surface area contributed by atoms with E-state index in [1.807, 2.05) is 44.1 Å². The van der Waals surface area contributed by atoms with Crippen molar-refractivity contribution in [3.05, 3.63) is 42.5 Å². The fourth-order valence-corrected chi connectivity index (χ4v) is 3.82. The third-order valence-electron chi connectivity index (χ3n) is 4.38. The number of thiazole rings is 1. The molecule has 0 atom stereocenters. The molecule has 0 bridgehead atoms. The second kappa shape index (κ2) is 10.3. The van der Waals surface area contributed by atoms with E-state index in [0.717, 1.165) is 21.7 Å². The van der Waals surface area contributed by atoms with Crippen LogP contribution in [0, 0.1) is 0 Å². The van der Waals surface area contributed by atoms with Gasteiger partial charge in [-0.25, -0.2) is 4.98 Å². The van der Waals surface area contributed by atoms with Gasteiger partial charge in [0.15, 0.2) is 11.7 Å². The number of hydrogen-bond donors (Lipinski definition) is 0. The lowest BCUT2D eigenvalue weighted by molar-refractivity contribution is -0.120. The molecule has 0 spiro atoms. The van der Waals surface area contributed by atoms with E-state index in [1.165, 1.54) is 11.3 Å². The molecule has 0 N–H and O–H groups in total. The van der Waals surface area contributed by atoms with E-state index in [4.69, 9.17) is 14.2 Å². The maximum Gasteiger partial charge on any atom is 0.266 e. The minimum atomic E-state index is -0.142. The molecule has 1 heterocycles. The standard InChI is InChI=1S/C22H27N3O4S/c1-5-28-18-10-11-19-20(14-18)30-22(23-19)25(13-12-24(2)3)21(26)15-29-17-8-6-16(27-4)7-9-17/h6-11,14H,5,12-13,15H2,1-4H3. The molecule has 3 aromatic rings. The second-order valence-electron chi connectivity index (χ2n) is 6.87. The van der Waals surface area contributed by atoms with Crippen LogP contribution in [0.15, 0.2) is 42.5 Å². The number of nitrogens with zero attached hydrogens (tertiary/aromatic N) is 3. The Bertz CT molecular complexity index is 972. The molecule has 1 aromatic heterocycles. The smallest absolute Gasteiger partial charge is 0.266 e. The predicted octanol–water partition coefficient (Wildman–Crippen LogP) is 3.68. The fraction of sp³-hybridized carbons (Fsp3) is 0.364. The van der Waals surface area contributed by atoms with Crippen molar-refractivity contribution in [1.82, 2.24) is 9.88 Å². The molecule has 8 heteroatoms. The molecule has 0 radical (unpaired) electrons. The minimum Gasteiger partial charge on any atom is -0.497 e. The van der Waals surface area contributed by atoms with Gasteiger partial charge in [0.2, 0.25) is 0 Å². The maximum atomic E-state index is 13.0. The van der Waals surface area contributed by atoms with E-state index in [0.29, 0.717) is 30.6 Å². The molecular formula is C22H27N3O4S. The first-order chi connectivity index (χ1) is 14.5. The van der Waals surface area contributed by atoms with Gasteiger partial charge in [-0.1, -0.05) is 11.3 Å². The van der Waals surface area contributed by atoms with Crippen LogP contribution < -0.4 is 19.1 Å². The molecule has 0 aliphatic rings. The van der Waals surface area contributed by atoms with Gasteiger partial charge in [-0.3, -0.25) is 9.69 Å². The van der Waals surface area contributed by atoms with E-state index in [9.17, 15) is 4.79 Å². The number of fused-ring (bicyclic) bond motifs is 1. The normalized spacial score (nSPS) is 11.0. The summed E-state index contributed by atoms with van der Waals surface area (Å²) in [6.07, 6.45) is 0. The molecule has 0 saturated heterocycles. The first kappa shape index (κ1) is 21.9. The molecule has 0 aliphatic heterocycles. The lowest BCUT2D eigenvalue weighted by Gasteiger charge is -2.22. The Morgan fingerprint density at radius 1 is 1.00 bits per heavy atom. The van der Waals surface area contributed by atoms with Crippen LogP contribution in [0.3, 0.4) is 0 Å². The van der Waals surface area contributed by atoms with Crippen LogP contribution in [-0.4, -0.2) is 63.3 Å². The Balaban J connectivity index is 1.77. The number of carbonyl (C=O) groups is 1. The number of amides is 1. The fourth-order valence-electron chi connectivity index (χ4n) is 2.79. The van der Waals surface area contributed by atoms with Crippen LogP contribution in [0.4, 0.5) is 5.13 Å². The Morgan fingerprint density at radius 3 is 2.37 bits per heavy atom. The van der Waals surface area contributed by atoms with Crippen molar-refractivity contribution in [1.29, 1.82) is 0 Å². The molecule has 0 aliphatic carbocycles. The highest BCUT2D eigenvalue weighted by Gasteiger charge is 2.21. The van der Waals surface area contributed by atoms with Crippen LogP contribution in [0.1, 0.15) is 6.92 Å². The first-order valence-electron chi connectivity index (χ1n) is 9.75. The number of ether oxygens (including phenoxy) is 3. The number of aromatic nitrogens is 1. The highest BCUT2D eigenvalue weighted by atomic mass is 32.1. The van der Waals surface area contributed by atoms with Crippen molar-refractivity contribution in [3.63, 3.8) is 0 Å². The Kier molecular flexibility index (Phi) is 7.48. The number of carbonyl (C=O) groups excluding carboxylic acids is 1. The minimum absolute atomic E-state index is 0.0696. The van der Waals surface area contributed by atoms with Gasteiger partial charge in [-0.15, -0.1) is 0 Å². The molecule has 7 nitrogen and oxygen atoms in total. The van der Waals surface area contributed by atoms with E-state index in [2.05, 4.69) is 4.98 Å². The third kappa shape index (κ3) is 5.61. The summed E-state index contributed by atoms with van der Waals surface area (Å²) in [5.74, 6) is 2.01. The van der Waals surface area contributed by atoms with Crippen molar-refractivity contribution in [2.24, 2.45) is 0 Å². The summed E-state index contributed by atoms with van der Waals surface area (Å²) in [5, 5.41) is 0.656. The van der Waals surface area contributed by atoms with Crippen LogP contribution in [0.5, 0.6) is 17.2 Å². The summed E-state index contributed by atoms with van der Waals surface area (Å²) in [5.41, 5.74) is 0.845. The summed E-state index contributed by atoms with van der Waals surface area (Å²) in [4.78, 5) is 21.4. The van der Waals surface area contributed by atoms with Gasteiger partial charge < -0.3 is 19.1 Å². The van der Waals surface area contributed by atoms with Crippen molar-refractivity contribution in [2.45, 2.75) is 6.92 Å². The number of anilines is 1. The largest absolute Gasteiger partial charge is 0.497 e. The Hall–Kier alpha value is -2.84. The van der Waals surface area contributed by atoms with Gasteiger partial charge in [0, 0.05) is 13.1 Å². The maximum absolute atomic E-state index is 13.0. The van der Waals surface area contributed by atoms with Gasteiger partial charge >= 0.3 is 0 Å². The van der Waals surface area contributed by atoms with Gasteiger partial charge in [-0.05, 0) is 63.5 Å². The van der Waals surface area contributed by atoms with Gasteiger partial charge in [0.05, 0.1) is 23.9 Å². The molecule has 0 fully saturated rings. The van der Waals surface area contributed by atoms with Crippen molar-refractivity contribution in [2.75, 3.05) is 52.4 Å². The predicted molar refractivity (Wildman–Crippen MR) is 120 cm³/mol. The molecule has 0 unspecified atom stereocenters. The summed E-state index contributed by atoms with van der Waals surface area (Å²) < 4.78 is 17.4. The van der Waals surface area contributed by atoms with Crippen LogP contribution in [0.25, 0.3) is 10.2 Å². The number of rotatable bonds is 10. The summed E-state index contributed by atoms with van der Waals surface area (Å²) in [6.45, 7) is 3.73. The van der Waals surface area contributed by atoms with E-state index in [-0.39, 0.29) is 12.5 Å². The summed E-state index contributed by atoms with van der Waals surface area (Å²) >= 11 is 1.48. The molecular weight excluding hydrogens is 402 g/mol. The lowest BCUT2D eigenvalue weighted by Crippen LogP contribution is -2.39. The zero-order valence-electron chi connectivity index (χ0n) is 17.8. The summed E-state index contributed by atoms with van der Waals surface area (Å²) in [7, 11) is 5.56. The van der Waals surface area contributed by atoms with Crippen molar-refractivity contribution in [3.8, 4) is 17.2 Å². The number of hydrogen-bond acceptors (Lipinski definition) is 7. The van der Waals surface area contributed by atoms with Crippen molar-refractivity contribution >= 4 is 32.6 Å². The average molecular weight is 430 g/mol. The Labute approximate surface area is 180 Å². The SMILES string of the molecule is CCOc1ccc2nc(N(CCN(C)C)C(=O)COc3ccc(OC)cc3)sc2c1. The highest BCUT2D eigenvalue weighted by molar-refractivity contribution is 7.22. The Morgan fingerprint density at radius 2 is 1.70 bits per heavy atom. The molecule has 1 amide bonds.